The molecule has 0 aliphatic carbocycles. The number of rotatable bonds is 20. The molecule has 0 atom stereocenters. The number of hydrogen-bond acceptors (Lipinski definition) is 6. The van der Waals surface area contributed by atoms with E-state index in [0.29, 0.717) is 65.7 Å². The van der Waals surface area contributed by atoms with Crippen LogP contribution in [0, 0.1) is 0 Å². The minimum atomic E-state index is -0.167. The molecule has 0 aliphatic rings. The lowest BCUT2D eigenvalue weighted by molar-refractivity contribution is -0.143. The fraction of sp³-hybridized carbons (Fsp3) is 0.947. The molecule has 0 aromatic heterocycles. The Kier molecular flexibility index (Phi) is 20.8. The summed E-state index contributed by atoms with van der Waals surface area (Å²) in [4.78, 5) is 11.1. The average molecular weight is 363 g/mol. The summed E-state index contributed by atoms with van der Waals surface area (Å²) in [6, 6.07) is 0. The molecule has 0 spiro atoms. The molecule has 0 bridgehead atoms. The van der Waals surface area contributed by atoms with Gasteiger partial charge in [-0.15, -0.1) is 0 Å². The molecule has 0 aliphatic heterocycles. The second-order valence-corrected chi connectivity index (χ2v) is 5.77. The summed E-state index contributed by atoms with van der Waals surface area (Å²) in [5.41, 5.74) is 0. The molecule has 25 heavy (non-hydrogen) atoms. The van der Waals surface area contributed by atoms with Crippen LogP contribution in [0.1, 0.15) is 58.8 Å². The van der Waals surface area contributed by atoms with Crippen LogP contribution in [0.25, 0.3) is 0 Å². The molecule has 6 heteroatoms. The van der Waals surface area contributed by atoms with Crippen LogP contribution in [0.4, 0.5) is 0 Å². The van der Waals surface area contributed by atoms with Crippen molar-refractivity contribution in [2.75, 3.05) is 59.5 Å². The van der Waals surface area contributed by atoms with Gasteiger partial charge < -0.3 is 23.7 Å². The minimum absolute atomic E-state index is 0.167. The molecule has 0 amide bonds. The second kappa shape index (κ2) is 21.4. The van der Waals surface area contributed by atoms with E-state index in [1.165, 1.54) is 25.7 Å². The zero-order valence-electron chi connectivity index (χ0n) is 16.3. The molecule has 0 fully saturated rings. The zero-order chi connectivity index (χ0) is 18.4. The van der Waals surface area contributed by atoms with E-state index in [2.05, 4.69) is 6.92 Å². The number of unbranched alkanes of at least 4 members (excludes halogenated alkanes) is 4. The Balaban J connectivity index is 3.02. The summed E-state index contributed by atoms with van der Waals surface area (Å²) in [6.45, 7) is 9.30. The molecule has 0 radical (unpaired) electrons. The van der Waals surface area contributed by atoms with E-state index in [4.69, 9.17) is 23.7 Å². The first kappa shape index (κ1) is 24.3. The number of ether oxygens (including phenoxy) is 5. The molecule has 0 aromatic rings. The van der Waals surface area contributed by atoms with Crippen LogP contribution in [0.15, 0.2) is 0 Å². The molecule has 6 nitrogen and oxygen atoms in total. The maximum Gasteiger partial charge on any atom is 0.305 e. The van der Waals surface area contributed by atoms with E-state index in [1.54, 1.807) is 6.92 Å². The van der Waals surface area contributed by atoms with Crippen molar-refractivity contribution in [3.8, 4) is 0 Å². The molecule has 0 saturated carbocycles. The minimum Gasteiger partial charge on any atom is -0.466 e. The quantitative estimate of drug-likeness (QED) is 0.244. The Morgan fingerprint density at radius 3 is 1.60 bits per heavy atom. The van der Waals surface area contributed by atoms with Gasteiger partial charge >= 0.3 is 5.97 Å². The second-order valence-electron chi connectivity index (χ2n) is 5.77. The first-order chi connectivity index (χ1) is 12.3. The highest BCUT2D eigenvalue weighted by atomic mass is 16.6. The molecule has 0 heterocycles. The third-order valence-corrected chi connectivity index (χ3v) is 3.48. The van der Waals surface area contributed by atoms with Crippen LogP contribution in [0.2, 0.25) is 0 Å². The van der Waals surface area contributed by atoms with Gasteiger partial charge in [-0.25, -0.2) is 0 Å². The van der Waals surface area contributed by atoms with E-state index in [-0.39, 0.29) is 5.97 Å². The monoisotopic (exact) mass is 362 g/mol. The molecule has 0 saturated heterocycles. The van der Waals surface area contributed by atoms with Crippen LogP contribution in [0.5, 0.6) is 0 Å². The van der Waals surface area contributed by atoms with Crippen molar-refractivity contribution in [3.63, 3.8) is 0 Å². The van der Waals surface area contributed by atoms with Crippen LogP contribution in [-0.2, 0) is 28.5 Å². The van der Waals surface area contributed by atoms with Gasteiger partial charge in [-0.2, -0.15) is 0 Å². The lowest BCUT2D eigenvalue weighted by atomic mass is 10.2. The van der Waals surface area contributed by atoms with Gasteiger partial charge in [-0.1, -0.05) is 32.6 Å². The summed E-state index contributed by atoms with van der Waals surface area (Å²) >= 11 is 0. The van der Waals surface area contributed by atoms with E-state index in [1.807, 2.05) is 0 Å². The van der Waals surface area contributed by atoms with Crippen LogP contribution >= 0.6 is 0 Å². The lowest BCUT2D eigenvalue weighted by Crippen LogP contribution is -2.12. The van der Waals surface area contributed by atoms with Crippen molar-refractivity contribution >= 4 is 5.97 Å². The van der Waals surface area contributed by atoms with Gasteiger partial charge in [0.2, 0.25) is 0 Å². The maximum atomic E-state index is 11.1. The Bertz CT molecular complexity index is 273. The fourth-order valence-electron chi connectivity index (χ4n) is 2.12. The van der Waals surface area contributed by atoms with Crippen molar-refractivity contribution in [1.82, 2.24) is 0 Å². The Hall–Kier alpha value is -0.690. The molecular formula is C19H38O6. The van der Waals surface area contributed by atoms with Crippen molar-refractivity contribution in [2.45, 2.75) is 58.8 Å². The Labute approximate surface area is 153 Å². The van der Waals surface area contributed by atoms with Gasteiger partial charge in [0.25, 0.3) is 0 Å². The van der Waals surface area contributed by atoms with Crippen molar-refractivity contribution in [2.24, 2.45) is 0 Å². The number of hydrogen-bond donors (Lipinski definition) is 0. The van der Waals surface area contributed by atoms with Gasteiger partial charge in [0, 0.05) is 19.6 Å². The van der Waals surface area contributed by atoms with Crippen LogP contribution in [-0.4, -0.2) is 65.4 Å². The summed E-state index contributed by atoms with van der Waals surface area (Å²) in [5.74, 6) is -0.167. The van der Waals surface area contributed by atoms with Gasteiger partial charge in [0.15, 0.2) is 0 Å². The van der Waals surface area contributed by atoms with Gasteiger partial charge in [0.1, 0.15) is 0 Å². The number of carbonyl (C=O) groups is 1. The van der Waals surface area contributed by atoms with Crippen molar-refractivity contribution in [1.29, 1.82) is 0 Å². The third kappa shape index (κ3) is 21.3. The van der Waals surface area contributed by atoms with E-state index in [9.17, 15) is 4.79 Å². The standard InChI is InChI=1S/C19H38O6/c1-3-5-6-7-8-11-21-13-15-23-17-18-24-16-14-22-12-9-10-19(20)25-4-2/h3-18H2,1-2H3. The molecule has 0 unspecified atom stereocenters. The summed E-state index contributed by atoms with van der Waals surface area (Å²) in [5, 5.41) is 0. The zero-order valence-corrected chi connectivity index (χ0v) is 16.3. The highest BCUT2D eigenvalue weighted by molar-refractivity contribution is 5.69. The van der Waals surface area contributed by atoms with Crippen LogP contribution in [0.3, 0.4) is 0 Å². The summed E-state index contributed by atoms with van der Waals surface area (Å²) in [6.07, 6.45) is 7.39. The highest BCUT2D eigenvalue weighted by Gasteiger charge is 2.00. The molecule has 0 aromatic carbocycles. The first-order valence-corrected chi connectivity index (χ1v) is 9.77. The van der Waals surface area contributed by atoms with Crippen molar-refractivity contribution < 1.29 is 28.5 Å². The topological polar surface area (TPSA) is 63.2 Å². The predicted molar refractivity (Wildman–Crippen MR) is 97.9 cm³/mol. The average Bonchev–Trinajstić information content (AvgIpc) is 2.61. The Morgan fingerprint density at radius 2 is 1.08 bits per heavy atom. The summed E-state index contributed by atoms with van der Waals surface area (Å²) in [7, 11) is 0. The predicted octanol–water partition coefficient (Wildman–Crippen LogP) is 3.37. The van der Waals surface area contributed by atoms with E-state index < -0.39 is 0 Å². The fourth-order valence-corrected chi connectivity index (χ4v) is 2.12. The third-order valence-electron chi connectivity index (χ3n) is 3.48. The summed E-state index contributed by atoms with van der Waals surface area (Å²) < 4.78 is 26.5. The largest absolute Gasteiger partial charge is 0.466 e. The molecular weight excluding hydrogens is 324 g/mol. The lowest BCUT2D eigenvalue weighted by Gasteiger charge is -2.07. The molecule has 0 N–H and O–H groups in total. The normalized spacial score (nSPS) is 11.0. The van der Waals surface area contributed by atoms with E-state index >= 15 is 0 Å². The van der Waals surface area contributed by atoms with E-state index in [0.717, 1.165) is 13.0 Å². The van der Waals surface area contributed by atoms with Gasteiger partial charge in [-0.3, -0.25) is 4.79 Å². The molecule has 0 rings (SSSR count). The number of carbonyl (C=O) groups excluding carboxylic acids is 1. The number of esters is 1. The van der Waals surface area contributed by atoms with Crippen molar-refractivity contribution in [3.05, 3.63) is 0 Å². The van der Waals surface area contributed by atoms with Gasteiger partial charge in [0.05, 0.1) is 46.2 Å². The SMILES string of the molecule is CCCCCCCOCCOCCOCCOCCCC(=O)OCC. The van der Waals surface area contributed by atoms with Crippen LogP contribution < -0.4 is 0 Å². The maximum absolute atomic E-state index is 11.1. The highest BCUT2D eigenvalue weighted by Crippen LogP contribution is 2.02. The Morgan fingerprint density at radius 1 is 0.600 bits per heavy atom. The molecule has 150 valence electrons. The smallest absolute Gasteiger partial charge is 0.305 e. The first-order valence-electron chi connectivity index (χ1n) is 9.77. The van der Waals surface area contributed by atoms with Gasteiger partial charge in [-0.05, 0) is 19.8 Å².